The molecule has 4 atom stereocenters. The summed E-state index contributed by atoms with van der Waals surface area (Å²) in [5.74, 6) is 3.12. The van der Waals surface area contributed by atoms with Crippen molar-refractivity contribution in [2.45, 2.75) is 45.1 Å². The third kappa shape index (κ3) is 0.516. The van der Waals surface area contributed by atoms with Gasteiger partial charge in [-0.15, -0.1) is 0 Å². The summed E-state index contributed by atoms with van der Waals surface area (Å²) in [5, 5.41) is 9.80. The first-order valence-corrected chi connectivity index (χ1v) is 5.86. The highest BCUT2D eigenvalue weighted by Crippen LogP contribution is 2.89. The number of aliphatic hydroxyl groups excluding tert-OH is 1. The van der Waals surface area contributed by atoms with Crippen LogP contribution in [0, 0.1) is 28.6 Å². The average Bonchev–Trinajstić information content (AvgIpc) is 2.54. The molecule has 0 radical (unpaired) electrons. The molecule has 0 amide bonds. The van der Waals surface area contributed by atoms with Crippen LogP contribution in [0.5, 0.6) is 0 Å². The molecule has 72 valence electrons. The third-order valence-corrected chi connectivity index (χ3v) is 6.31. The fourth-order valence-electron chi connectivity index (χ4n) is 5.74. The van der Waals surface area contributed by atoms with Crippen LogP contribution in [0.4, 0.5) is 0 Å². The van der Waals surface area contributed by atoms with E-state index in [4.69, 9.17) is 0 Å². The summed E-state index contributed by atoms with van der Waals surface area (Å²) in [4.78, 5) is 0. The van der Waals surface area contributed by atoms with Gasteiger partial charge >= 0.3 is 0 Å². The summed E-state index contributed by atoms with van der Waals surface area (Å²) in [7, 11) is 0. The van der Waals surface area contributed by atoms with Gasteiger partial charge in [0.15, 0.2) is 0 Å². The van der Waals surface area contributed by atoms with Gasteiger partial charge in [0.2, 0.25) is 0 Å². The van der Waals surface area contributed by atoms with Crippen LogP contribution < -0.4 is 0 Å². The van der Waals surface area contributed by atoms with E-state index in [1.165, 1.54) is 19.3 Å². The molecule has 0 saturated heterocycles. The Morgan fingerprint density at radius 1 is 1.23 bits per heavy atom. The maximum Gasteiger partial charge on any atom is 0.0546 e. The van der Waals surface area contributed by atoms with Gasteiger partial charge in [0, 0.05) is 0 Å². The molecule has 5 rings (SSSR count). The van der Waals surface area contributed by atoms with Crippen molar-refractivity contribution in [3.05, 3.63) is 0 Å². The molecule has 0 aromatic carbocycles. The number of hydrogen-bond donors (Lipinski definition) is 1. The zero-order valence-electron chi connectivity index (χ0n) is 8.29. The van der Waals surface area contributed by atoms with Crippen LogP contribution in [0.1, 0.15) is 39.0 Å². The molecule has 0 heterocycles. The lowest BCUT2D eigenvalue weighted by Gasteiger charge is -2.42. The number of rotatable bonds is 0. The Morgan fingerprint density at radius 3 is 2.62 bits per heavy atom. The molecule has 1 N–H and O–H groups in total. The highest BCUT2D eigenvalue weighted by molar-refractivity contribution is 5.31. The first-order valence-electron chi connectivity index (χ1n) is 5.86. The van der Waals surface area contributed by atoms with E-state index < -0.39 is 0 Å². The Balaban J connectivity index is 1.84. The van der Waals surface area contributed by atoms with Crippen LogP contribution in [0.2, 0.25) is 0 Å². The van der Waals surface area contributed by atoms with Crippen molar-refractivity contribution in [1.82, 2.24) is 0 Å². The predicted molar refractivity (Wildman–Crippen MR) is 50.1 cm³/mol. The molecular weight excluding hydrogens is 160 g/mol. The van der Waals surface area contributed by atoms with Gasteiger partial charge in [-0.3, -0.25) is 0 Å². The Hall–Kier alpha value is -0.0400. The molecule has 5 fully saturated rings. The minimum absolute atomic E-state index is 0.0393. The second-order valence-corrected chi connectivity index (χ2v) is 6.24. The Kier molecular flexibility index (Phi) is 0.959. The molecule has 5 aliphatic carbocycles. The van der Waals surface area contributed by atoms with E-state index in [-0.39, 0.29) is 6.10 Å². The maximum absolute atomic E-state index is 9.80. The van der Waals surface area contributed by atoms with E-state index in [0.29, 0.717) is 10.8 Å². The zero-order chi connectivity index (χ0) is 8.84. The maximum atomic E-state index is 9.80. The normalized spacial score (nSPS) is 72.5. The van der Waals surface area contributed by atoms with E-state index in [0.717, 1.165) is 30.6 Å². The van der Waals surface area contributed by atoms with Gasteiger partial charge in [0.1, 0.15) is 0 Å². The molecule has 5 aliphatic rings. The lowest BCUT2D eigenvalue weighted by atomic mass is 9.64. The van der Waals surface area contributed by atoms with Gasteiger partial charge in [-0.05, 0) is 60.7 Å². The minimum atomic E-state index is 0.0393. The minimum Gasteiger partial charge on any atom is -0.393 e. The predicted octanol–water partition coefficient (Wildman–Crippen LogP) is 2.19. The molecule has 1 nitrogen and oxygen atoms in total. The van der Waals surface area contributed by atoms with Crippen LogP contribution in [-0.2, 0) is 0 Å². The highest BCUT2D eigenvalue weighted by atomic mass is 16.3. The van der Waals surface area contributed by atoms with Crippen LogP contribution in [0.3, 0.4) is 0 Å². The first kappa shape index (κ1) is 7.28. The van der Waals surface area contributed by atoms with Gasteiger partial charge in [-0.1, -0.05) is 6.92 Å². The monoisotopic (exact) mass is 178 g/mol. The average molecular weight is 178 g/mol. The third-order valence-electron chi connectivity index (χ3n) is 6.31. The summed E-state index contributed by atoms with van der Waals surface area (Å²) in [6.45, 7) is 2.52. The topological polar surface area (TPSA) is 20.2 Å². The van der Waals surface area contributed by atoms with Crippen molar-refractivity contribution in [1.29, 1.82) is 0 Å². The Morgan fingerprint density at radius 2 is 1.92 bits per heavy atom. The lowest BCUT2D eigenvalue weighted by Crippen LogP contribution is -2.37. The summed E-state index contributed by atoms with van der Waals surface area (Å²) in [6, 6.07) is 0. The van der Waals surface area contributed by atoms with E-state index in [1.807, 2.05) is 0 Å². The molecule has 0 aromatic rings. The zero-order valence-corrected chi connectivity index (χ0v) is 8.29. The van der Waals surface area contributed by atoms with Crippen molar-refractivity contribution in [3.8, 4) is 0 Å². The van der Waals surface area contributed by atoms with Crippen LogP contribution in [0.25, 0.3) is 0 Å². The van der Waals surface area contributed by atoms with Crippen molar-refractivity contribution < 1.29 is 5.11 Å². The molecule has 13 heavy (non-hydrogen) atoms. The number of hydrogen-bond acceptors (Lipinski definition) is 1. The van der Waals surface area contributed by atoms with Gasteiger partial charge in [-0.25, -0.2) is 0 Å². The van der Waals surface area contributed by atoms with Gasteiger partial charge in [0.05, 0.1) is 6.10 Å². The van der Waals surface area contributed by atoms with Crippen molar-refractivity contribution in [3.63, 3.8) is 0 Å². The SMILES string of the molecule is CC12CCC(O)CC13C1CC2CC13. The number of aliphatic hydroxyl groups is 1. The van der Waals surface area contributed by atoms with E-state index in [9.17, 15) is 5.11 Å². The molecule has 4 bridgehead atoms. The summed E-state index contributed by atoms with van der Waals surface area (Å²) in [6.07, 6.45) is 6.59. The fourth-order valence-corrected chi connectivity index (χ4v) is 5.74. The highest BCUT2D eigenvalue weighted by Gasteiger charge is 2.83. The van der Waals surface area contributed by atoms with Crippen molar-refractivity contribution in [2.24, 2.45) is 28.6 Å². The van der Waals surface area contributed by atoms with E-state index >= 15 is 0 Å². The molecule has 4 unspecified atom stereocenters. The second-order valence-electron chi connectivity index (χ2n) is 6.24. The van der Waals surface area contributed by atoms with E-state index in [2.05, 4.69) is 6.92 Å². The largest absolute Gasteiger partial charge is 0.393 e. The smallest absolute Gasteiger partial charge is 0.0546 e. The fraction of sp³-hybridized carbons (Fsp3) is 1.00. The molecule has 0 aromatic heterocycles. The van der Waals surface area contributed by atoms with Crippen molar-refractivity contribution >= 4 is 0 Å². The summed E-state index contributed by atoms with van der Waals surface area (Å²) < 4.78 is 0. The Labute approximate surface area is 79.5 Å². The first-order chi connectivity index (χ1) is 6.18. The lowest BCUT2D eigenvalue weighted by molar-refractivity contribution is 0.00491. The quantitative estimate of drug-likeness (QED) is 0.603. The summed E-state index contributed by atoms with van der Waals surface area (Å²) in [5.41, 5.74) is 1.30. The molecule has 0 aliphatic heterocycles. The standard InChI is InChI=1S/C12H18O/c1-11-3-2-8(13)6-12(11)9-4-7(11)5-10(9)12/h7-10,13H,2-6H2,1H3. The van der Waals surface area contributed by atoms with Gasteiger partial charge < -0.3 is 5.11 Å². The van der Waals surface area contributed by atoms with Gasteiger partial charge in [0.25, 0.3) is 0 Å². The van der Waals surface area contributed by atoms with Crippen molar-refractivity contribution in [2.75, 3.05) is 0 Å². The second kappa shape index (κ2) is 1.71. The molecule has 1 heteroatoms. The Bertz CT molecular complexity index is 273. The van der Waals surface area contributed by atoms with Gasteiger partial charge in [-0.2, -0.15) is 0 Å². The summed E-state index contributed by atoms with van der Waals surface area (Å²) >= 11 is 0. The molecular formula is C12H18O. The van der Waals surface area contributed by atoms with Crippen LogP contribution in [-0.4, -0.2) is 11.2 Å². The van der Waals surface area contributed by atoms with E-state index in [1.54, 1.807) is 0 Å². The van der Waals surface area contributed by atoms with Crippen LogP contribution in [0.15, 0.2) is 0 Å². The molecule has 5 saturated carbocycles. The van der Waals surface area contributed by atoms with Crippen LogP contribution >= 0.6 is 0 Å². The molecule has 1 spiro atoms.